The molecule has 0 saturated carbocycles. The van der Waals surface area contributed by atoms with Crippen molar-refractivity contribution in [2.75, 3.05) is 11.1 Å². The molecule has 3 rings (SSSR count). The van der Waals surface area contributed by atoms with Crippen LogP contribution < -0.4 is 16.8 Å². The number of hydrogen-bond donors (Lipinski definition) is 3. The number of hydrogen-bond acceptors (Lipinski definition) is 6. The van der Waals surface area contributed by atoms with Gasteiger partial charge in [-0.3, -0.25) is 0 Å². The summed E-state index contributed by atoms with van der Waals surface area (Å²) in [5.41, 5.74) is 15.5. The Hall–Kier alpha value is -2.67. The van der Waals surface area contributed by atoms with Gasteiger partial charge in [0.1, 0.15) is 16.9 Å². The van der Waals surface area contributed by atoms with Crippen molar-refractivity contribution < 1.29 is 0 Å². The molecule has 25 heavy (non-hydrogen) atoms. The van der Waals surface area contributed by atoms with Crippen LogP contribution in [0.3, 0.4) is 0 Å². The standard InChI is InChI=1S/C18H25N7/c1-3-4-5-14-22-15-16(25(14)2)18(24-23-17(15)20)21-11-13-8-6-12(10-19)7-9-13/h6-9H,3-5,10-11,19H2,1-2H3,(H2,20,23)(H,21,24). The zero-order chi connectivity index (χ0) is 17.8. The van der Waals surface area contributed by atoms with E-state index in [4.69, 9.17) is 11.5 Å². The summed E-state index contributed by atoms with van der Waals surface area (Å²) in [6.07, 6.45) is 3.13. The SMILES string of the molecule is CCCCc1nc2c(N)nnc(NCc3ccc(CN)cc3)c2n1C. The summed E-state index contributed by atoms with van der Waals surface area (Å²) in [7, 11) is 2.00. The number of nitrogens with one attached hydrogen (secondary N) is 1. The predicted octanol–water partition coefficient (Wildman–Crippen LogP) is 2.36. The van der Waals surface area contributed by atoms with Crippen LogP contribution in [0.15, 0.2) is 24.3 Å². The largest absolute Gasteiger partial charge is 0.380 e. The molecule has 5 N–H and O–H groups in total. The lowest BCUT2D eigenvalue weighted by molar-refractivity contribution is 0.720. The van der Waals surface area contributed by atoms with Gasteiger partial charge < -0.3 is 21.4 Å². The molecule has 0 fully saturated rings. The minimum atomic E-state index is 0.367. The smallest absolute Gasteiger partial charge is 0.175 e. The molecule has 0 bridgehead atoms. The number of aromatic nitrogens is 4. The summed E-state index contributed by atoms with van der Waals surface area (Å²) in [6, 6.07) is 8.20. The van der Waals surface area contributed by atoms with Gasteiger partial charge in [-0.05, 0) is 17.5 Å². The summed E-state index contributed by atoms with van der Waals surface area (Å²) in [5, 5.41) is 11.7. The van der Waals surface area contributed by atoms with Gasteiger partial charge in [0.05, 0.1) is 0 Å². The lowest BCUT2D eigenvalue weighted by Gasteiger charge is -2.09. The van der Waals surface area contributed by atoms with Crippen LogP contribution in [0.4, 0.5) is 11.6 Å². The molecular formula is C18H25N7. The van der Waals surface area contributed by atoms with Crippen LogP contribution in [0.25, 0.3) is 11.0 Å². The van der Waals surface area contributed by atoms with E-state index < -0.39 is 0 Å². The second-order valence-corrected chi connectivity index (χ2v) is 6.20. The molecule has 7 nitrogen and oxygen atoms in total. The number of nitrogens with zero attached hydrogens (tertiary/aromatic N) is 4. The van der Waals surface area contributed by atoms with E-state index in [9.17, 15) is 0 Å². The Bertz CT molecular complexity index is 852. The molecule has 0 atom stereocenters. The van der Waals surface area contributed by atoms with E-state index in [2.05, 4.69) is 44.1 Å². The van der Waals surface area contributed by atoms with Crippen LogP contribution in [0.2, 0.25) is 0 Å². The second kappa shape index (κ2) is 7.48. The van der Waals surface area contributed by atoms with Crippen LogP contribution >= 0.6 is 0 Å². The van der Waals surface area contributed by atoms with Gasteiger partial charge in [0.2, 0.25) is 0 Å². The summed E-state index contributed by atoms with van der Waals surface area (Å²) >= 11 is 0. The van der Waals surface area contributed by atoms with Gasteiger partial charge >= 0.3 is 0 Å². The van der Waals surface area contributed by atoms with Gasteiger partial charge in [0.25, 0.3) is 0 Å². The van der Waals surface area contributed by atoms with Crippen molar-refractivity contribution in [3.63, 3.8) is 0 Å². The second-order valence-electron chi connectivity index (χ2n) is 6.20. The Morgan fingerprint density at radius 3 is 2.52 bits per heavy atom. The number of nitrogens with two attached hydrogens (primary N) is 2. The third-order valence-corrected chi connectivity index (χ3v) is 4.38. The molecule has 2 heterocycles. The highest BCUT2D eigenvalue weighted by Crippen LogP contribution is 2.25. The maximum Gasteiger partial charge on any atom is 0.175 e. The number of imidazole rings is 1. The number of benzene rings is 1. The predicted molar refractivity (Wildman–Crippen MR) is 101 cm³/mol. The number of anilines is 2. The maximum absolute atomic E-state index is 5.99. The Morgan fingerprint density at radius 1 is 1.12 bits per heavy atom. The molecule has 3 aromatic rings. The van der Waals surface area contributed by atoms with Crippen molar-refractivity contribution in [1.82, 2.24) is 19.7 Å². The van der Waals surface area contributed by atoms with Crippen molar-refractivity contribution in [3.8, 4) is 0 Å². The van der Waals surface area contributed by atoms with Gasteiger partial charge in [0, 0.05) is 26.6 Å². The summed E-state index contributed by atoms with van der Waals surface area (Å²) in [4.78, 5) is 4.67. The number of unbranched alkanes of at least 4 members (excludes halogenated alkanes) is 1. The molecule has 0 unspecified atom stereocenters. The summed E-state index contributed by atoms with van der Waals surface area (Å²) in [5.74, 6) is 2.07. The van der Waals surface area contributed by atoms with Gasteiger partial charge in [-0.1, -0.05) is 37.6 Å². The van der Waals surface area contributed by atoms with E-state index in [1.165, 1.54) is 0 Å². The van der Waals surface area contributed by atoms with Crippen molar-refractivity contribution in [2.45, 2.75) is 39.3 Å². The van der Waals surface area contributed by atoms with Crippen molar-refractivity contribution in [2.24, 2.45) is 12.8 Å². The number of nitrogen functional groups attached to an aromatic ring is 1. The zero-order valence-electron chi connectivity index (χ0n) is 14.8. The highest BCUT2D eigenvalue weighted by Gasteiger charge is 2.16. The van der Waals surface area contributed by atoms with E-state index in [1.54, 1.807) is 0 Å². The van der Waals surface area contributed by atoms with Crippen LogP contribution in [-0.4, -0.2) is 19.7 Å². The first-order valence-corrected chi connectivity index (χ1v) is 8.63. The molecule has 7 heteroatoms. The first kappa shape index (κ1) is 17.2. The van der Waals surface area contributed by atoms with Crippen LogP contribution in [0.1, 0.15) is 36.7 Å². The molecule has 132 valence electrons. The van der Waals surface area contributed by atoms with Crippen molar-refractivity contribution in [3.05, 3.63) is 41.2 Å². The minimum Gasteiger partial charge on any atom is -0.380 e. The van der Waals surface area contributed by atoms with Gasteiger partial charge in [-0.2, -0.15) is 0 Å². The van der Waals surface area contributed by atoms with E-state index in [0.29, 0.717) is 30.2 Å². The molecule has 0 amide bonds. The molecule has 2 aromatic heterocycles. The Morgan fingerprint density at radius 2 is 1.84 bits per heavy atom. The maximum atomic E-state index is 5.99. The van der Waals surface area contributed by atoms with Crippen LogP contribution in [0, 0.1) is 0 Å². The minimum absolute atomic E-state index is 0.367. The van der Waals surface area contributed by atoms with E-state index in [0.717, 1.165) is 41.7 Å². The topological polar surface area (TPSA) is 108 Å². The molecular weight excluding hydrogens is 314 g/mol. The fourth-order valence-corrected chi connectivity index (χ4v) is 2.85. The molecule has 0 radical (unpaired) electrons. The van der Waals surface area contributed by atoms with E-state index in [-0.39, 0.29) is 0 Å². The van der Waals surface area contributed by atoms with Crippen molar-refractivity contribution in [1.29, 1.82) is 0 Å². The Labute approximate surface area is 147 Å². The average Bonchev–Trinajstić information content (AvgIpc) is 2.98. The van der Waals surface area contributed by atoms with Gasteiger partial charge in [0.15, 0.2) is 11.6 Å². The monoisotopic (exact) mass is 339 g/mol. The fourth-order valence-electron chi connectivity index (χ4n) is 2.85. The lowest BCUT2D eigenvalue weighted by Crippen LogP contribution is -2.07. The molecule has 0 aliphatic heterocycles. The summed E-state index contributed by atoms with van der Waals surface area (Å²) in [6.45, 7) is 3.37. The highest BCUT2D eigenvalue weighted by molar-refractivity contribution is 5.92. The molecule has 0 spiro atoms. The molecule has 0 saturated heterocycles. The molecule has 0 aliphatic carbocycles. The van der Waals surface area contributed by atoms with Crippen LogP contribution in [-0.2, 0) is 26.6 Å². The van der Waals surface area contributed by atoms with Gasteiger partial charge in [-0.25, -0.2) is 4.98 Å². The lowest BCUT2D eigenvalue weighted by atomic mass is 10.1. The molecule has 0 aliphatic rings. The first-order valence-electron chi connectivity index (χ1n) is 8.63. The quantitative estimate of drug-likeness (QED) is 0.610. The number of fused-ring (bicyclic) bond motifs is 1. The first-order chi connectivity index (χ1) is 12.1. The number of rotatable bonds is 7. The van der Waals surface area contributed by atoms with Crippen LogP contribution in [0.5, 0.6) is 0 Å². The third-order valence-electron chi connectivity index (χ3n) is 4.38. The normalized spacial score (nSPS) is 11.2. The van der Waals surface area contributed by atoms with Gasteiger partial charge in [-0.15, -0.1) is 10.2 Å². The Balaban J connectivity index is 1.87. The average molecular weight is 339 g/mol. The Kier molecular flexibility index (Phi) is 5.14. The van der Waals surface area contributed by atoms with E-state index >= 15 is 0 Å². The number of aryl methyl sites for hydroxylation is 2. The van der Waals surface area contributed by atoms with E-state index in [1.807, 2.05) is 19.2 Å². The highest BCUT2D eigenvalue weighted by atomic mass is 15.2. The fraction of sp³-hybridized carbons (Fsp3) is 0.389. The molecule has 1 aromatic carbocycles. The third kappa shape index (κ3) is 3.56. The zero-order valence-corrected chi connectivity index (χ0v) is 14.8. The summed E-state index contributed by atoms with van der Waals surface area (Å²) < 4.78 is 2.07. The van der Waals surface area contributed by atoms with Crippen molar-refractivity contribution >= 4 is 22.7 Å².